The maximum atomic E-state index is 12.4. The van der Waals surface area contributed by atoms with Gasteiger partial charge in [0.25, 0.3) is 0 Å². The molecule has 0 aliphatic carbocycles. The summed E-state index contributed by atoms with van der Waals surface area (Å²) in [7, 11) is 2.92. The third-order valence-electron chi connectivity index (χ3n) is 4.12. The van der Waals surface area contributed by atoms with Crippen LogP contribution in [0.15, 0.2) is 12.1 Å². The van der Waals surface area contributed by atoms with Crippen LogP contribution in [0.1, 0.15) is 37.0 Å². The highest BCUT2D eigenvalue weighted by Crippen LogP contribution is 2.24. The molecule has 1 N–H and O–H groups in total. The molecule has 0 saturated heterocycles. The van der Waals surface area contributed by atoms with Crippen LogP contribution in [-0.4, -0.2) is 32.1 Å². The van der Waals surface area contributed by atoms with E-state index < -0.39 is 12.0 Å². The van der Waals surface area contributed by atoms with Crippen molar-refractivity contribution in [3.8, 4) is 5.75 Å². The van der Waals surface area contributed by atoms with Crippen molar-refractivity contribution in [1.82, 2.24) is 5.32 Å². The number of benzene rings is 1. The summed E-state index contributed by atoms with van der Waals surface area (Å²) in [5.74, 6) is 0.0643. The van der Waals surface area contributed by atoms with Crippen LogP contribution in [0.3, 0.4) is 0 Å². The summed E-state index contributed by atoms with van der Waals surface area (Å²) in [5.41, 5.74) is 2.91. The summed E-state index contributed by atoms with van der Waals surface area (Å²) in [6.07, 6.45) is 0.937. The molecule has 1 amide bonds. The highest BCUT2D eigenvalue weighted by molar-refractivity contribution is 5.86. The number of hydrogen-bond acceptors (Lipinski definition) is 4. The molecule has 1 aromatic carbocycles. The third-order valence-corrected chi connectivity index (χ3v) is 4.12. The molecule has 0 aliphatic rings. The van der Waals surface area contributed by atoms with Gasteiger partial charge in [0.15, 0.2) is 0 Å². The van der Waals surface area contributed by atoms with Crippen molar-refractivity contribution < 1.29 is 19.1 Å². The molecular weight excluding hydrogens is 294 g/mol. The van der Waals surface area contributed by atoms with Gasteiger partial charge in [0.1, 0.15) is 11.8 Å². The van der Waals surface area contributed by atoms with Gasteiger partial charge < -0.3 is 14.8 Å². The molecule has 1 aromatic rings. The number of carbonyl (C=O) groups excluding carboxylic acids is 2. The van der Waals surface area contributed by atoms with Crippen LogP contribution in [0.2, 0.25) is 0 Å². The first-order valence-electron chi connectivity index (χ1n) is 7.85. The second-order valence-electron chi connectivity index (χ2n) is 5.89. The molecule has 0 saturated carbocycles. The number of hydrogen-bond donors (Lipinski definition) is 1. The summed E-state index contributed by atoms with van der Waals surface area (Å²) in [6, 6.07) is 3.29. The average Bonchev–Trinajstić information content (AvgIpc) is 2.53. The van der Waals surface area contributed by atoms with Crippen LogP contribution < -0.4 is 10.1 Å². The van der Waals surface area contributed by atoms with Crippen LogP contribution in [0, 0.1) is 19.8 Å². The lowest BCUT2D eigenvalue weighted by Gasteiger charge is -2.22. The van der Waals surface area contributed by atoms with E-state index in [1.165, 1.54) is 7.11 Å². The molecular formula is C18H27NO4. The quantitative estimate of drug-likeness (QED) is 0.784. The van der Waals surface area contributed by atoms with E-state index in [4.69, 9.17) is 9.47 Å². The van der Waals surface area contributed by atoms with Gasteiger partial charge in [-0.15, -0.1) is 0 Å². The number of aryl methyl sites for hydroxylation is 2. The molecule has 0 aliphatic heterocycles. The highest BCUT2D eigenvalue weighted by Gasteiger charge is 2.27. The number of ether oxygens (including phenoxy) is 2. The predicted molar refractivity (Wildman–Crippen MR) is 89.6 cm³/mol. The summed E-state index contributed by atoms with van der Waals surface area (Å²) in [6.45, 7) is 7.82. The van der Waals surface area contributed by atoms with Gasteiger partial charge in [-0.1, -0.05) is 26.3 Å². The SMILES string of the molecule is CCC(C)C(NC(=O)Cc1c(C)cc(C)cc1OC)C(=O)OC. The molecule has 128 valence electrons. The van der Waals surface area contributed by atoms with Crippen LogP contribution in [0.5, 0.6) is 5.75 Å². The summed E-state index contributed by atoms with van der Waals surface area (Å²) in [5, 5.41) is 2.79. The number of rotatable bonds is 7. The minimum atomic E-state index is -0.630. The first-order chi connectivity index (χ1) is 10.8. The van der Waals surface area contributed by atoms with Gasteiger partial charge in [-0.25, -0.2) is 4.79 Å². The van der Waals surface area contributed by atoms with Gasteiger partial charge in [0, 0.05) is 5.56 Å². The van der Waals surface area contributed by atoms with Crippen molar-refractivity contribution in [1.29, 1.82) is 0 Å². The van der Waals surface area contributed by atoms with Gasteiger partial charge in [0.2, 0.25) is 5.91 Å². The number of methoxy groups -OCH3 is 2. The summed E-state index contributed by atoms with van der Waals surface area (Å²) in [4.78, 5) is 24.3. The monoisotopic (exact) mass is 321 g/mol. The van der Waals surface area contributed by atoms with Crippen molar-refractivity contribution in [3.05, 3.63) is 28.8 Å². The topological polar surface area (TPSA) is 64.6 Å². The fraction of sp³-hybridized carbons (Fsp3) is 0.556. The zero-order chi connectivity index (χ0) is 17.6. The summed E-state index contributed by atoms with van der Waals surface area (Å²) < 4.78 is 10.2. The molecule has 0 aromatic heterocycles. The molecule has 5 nitrogen and oxygen atoms in total. The average molecular weight is 321 g/mol. The Kier molecular flexibility index (Phi) is 7.07. The molecule has 0 spiro atoms. The Morgan fingerprint density at radius 3 is 2.39 bits per heavy atom. The van der Waals surface area contributed by atoms with Crippen molar-refractivity contribution >= 4 is 11.9 Å². The van der Waals surface area contributed by atoms with Gasteiger partial charge >= 0.3 is 5.97 Å². The number of amides is 1. The zero-order valence-electron chi connectivity index (χ0n) is 14.9. The van der Waals surface area contributed by atoms with Crippen molar-refractivity contribution in [2.45, 2.75) is 46.6 Å². The van der Waals surface area contributed by atoms with E-state index in [1.807, 2.05) is 39.8 Å². The van der Waals surface area contributed by atoms with Gasteiger partial charge in [-0.05, 0) is 37.0 Å². The largest absolute Gasteiger partial charge is 0.496 e. The Morgan fingerprint density at radius 1 is 1.22 bits per heavy atom. The van der Waals surface area contributed by atoms with E-state index in [1.54, 1.807) is 7.11 Å². The van der Waals surface area contributed by atoms with Gasteiger partial charge in [-0.3, -0.25) is 4.79 Å². The van der Waals surface area contributed by atoms with Crippen LogP contribution in [0.4, 0.5) is 0 Å². The first-order valence-corrected chi connectivity index (χ1v) is 7.85. The van der Waals surface area contributed by atoms with E-state index in [9.17, 15) is 9.59 Å². The molecule has 2 atom stereocenters. The first kappa shape index (κ1) is 19.0. The molecule has 0 radical (unpaired) electrons. The molecule has 23 heavy (non-hydrogen) atoms. The Bertz CT molecular complexity index is 568. The predicted octanol–water partition coefficient (Wildman–Crippen LogP) is 2.56. The fourth-order valence-corrected chi connectivity index (χ4v) is 2.55. The third kappa shape index (κ3) is 4.98. The maximum absolute atomic E-state index is 12.4. The lowest BCUT2D eigenvalue weighted by molar-refractivity contribution is -0.146. The minimum Gasteiger partial charge on any atom is -0.496 e. The fourth-order valence-electron chi connectivity index (χ4n) is 2.55. The van der Waals surface area contributed by atoms with Crippen molar-refractivity contribution in [2.75, 3.05) is 14.2 Å². The van der Waals surface area contributed by atoms with Crippen LogP contribution >= 0.6 is 0 Å². The van der Waals surface area contributed by atoms with E-state index in [0.717, 1.165) is 23.1 Å². The second kappa shape index (κ2) is 8.56. The Morgan fingerprint density at radius 2 is 1.87 bits per heavy atom. The Labute approximate surface area is 138 Å². The number of nitrogens with one attached hydrogen (secondary N) is 1. The van der Waals surface area contributed by atoms with E-state index in [-0.39, 0.29) is 18.2 Å². The zero-order valence-corrected chi connectivity index (χ0v) is 14.9. The molecule has 0 fully saturated rings. The Hall–Kier alpha value is -2.04. The number of carbonyl (C=O) groups is 2. The minimum absolute atomic E-state index is 0.00686. The van der Waals surface area contributed by atoms with Gasteiger partial charge in [-0.2, -0.15) is 0 Å². The molecule has 2 unspecified atom stereocenters. The normalized spacial score (nSPS) is 13.1. The lowest BCUT2D eigenvalue weighted by atomic mass is 9.97. The molecule has 0 bridgehead atoms. The van der Waals surface area contributed by atoms with E-state index in [0.29, 0.717) is 5.75 Å². The van der Waals surface area contributed by atoms with Crippen molar-refractivity contribution in [3.63, 3.8) is 0 Å². The van der Waals surface area contributed by atoms with Crippen LogP contribution in [0.25, 0.3) is 0 Å². The molecule has 1 rings (SSSR count). The molecule has 5 heteroatoms. The molecule has 0 heterocycles. The van der Waals surface area contributed by atoms with Crippen molar-refractivity contribution in [2.24, 2.45) is 5.92 Å². The Balaban J connectivity index is 2.93. The lowest BCUT2D eigenvalue weighted by Crippen LogP contribution is -2.46. The maximum Gasteiger partial charge on any atom is 0.328 e. The standard InChI is InChI=1S/C18H27NO4/c1-7-12(3)17(18(21)23-6)19-16(20)10-14-13(4)8-11(2)9-15(14)22-5/h8-9,12,17H,7,10H2,1-6H3,(H,19,20). The number of esters is 1. The smallest absolute Gasteiger partial charge is 0.328 e. The van der Waals surface area contributed by atoms with E-state index >= 15 is 0 Å². The van der Waals surface area contributed by atoms with Gasteiger partial charge in [0.05, 0.1) is 20.6 Å². The summed E-state index contributed by atoms with van der Waals surface area (Å²) >= 11 is 0. The van der Waals surface area contributed by atoms with Crippen LogP contribution in [-0.2, 0) is 20.7 Å². The van der Waals surface area contributed by atoms with E-state index in [2.05, 4.69) is 5.32 Å². The highest BCUT2D eigenvalue weighted by atomic mass is 16.5. The second-order valence-corrected chi connectivity index (χ2v) is 5.89.